The van der Waals surface area contributed by atoms with Crippen molar-refractivity contribution in [3.8, 4) is 5.69 Å². The molecule has 1 aromatic heterocycles. The number of para-hydroxylation sites is 1. The van der Waals surface area contributed by atoms with Gasteiger partial charge in [0.2, 0.25) is 0 Å². The molecule has 1 aliphatic rings. The molecule has 1 atom stereocenters. The Bertz CT molecular complexity index is 526. The van der Waals surface area contributed by atoms with Crippen molar-refractivity contribution in [3.63, 3.8) is 0 Å². The lowest BCUT2D eigenvalue weighted by molar-refractivity contribution is 0.163. The van der Waals surface area contributed by atoms with E-state index in [1.165, 1.54) is 0 Å². The van der Waals surface area contributed by atoms with Crippen molar-refractivity contribution in [1.82, 2.24) is 20.0 Å². The number of nitrogens with one attached hydrogen (secondary N) is 1. The molecule has 2 aromatic rings. The molecule has 20 heavy (non-hydrogen) atoms. The number of nitrogens with zero attached hydrogens (tertiary/aromatic N) is 3. The van der Waals surface area contributed by atoms with Gasteiger partial charge in [0.1, 0.15) is 0 Å². The first-order valence-electron chi connectivity index (χ1n) is 6.88. The van der Waals surface area contributed by atoms with Crippen LogP contribution in [0.25, 0.3) is 5.69 Å². The fraction of sp³-hybridized carbons (Fsp3) is 0.400. The molecule has 5 heteroatoms. The van der Waals surface area contributed by atoms with Crippen molar-refractivity contribution >= 4 is 12.4 Å². The number of piperazine rings is 1. The number of aromatic nitrogens is 2. The Morgan fingerprint density at radius 1 is 1.25 bits per heavy atom. The summed E-state index contributed by atoms with van der Waals surface area (Å²) < 4.78 is 1.95. The van der Waals surface area contributed by atoms with Crippen molar-refractivity contribution in [1.29, 1.82) is 0 Å². The van der Waals surface area contributed by atoms with Crippen molar-refractivity contribution in [2.75, 3.05) is 19.6 Å². The van der Waals surface area contributed by atoms with Gasteiger partial charge in [-0.2, -0.15) is 5.10 Å². The van der Waals surface area contributed by atoms with Gasteiger partial charge in [-0.25, -0.2) is 4.68 Å². The molecule has 4 nitrogen and oxygen atoms in total. The summed E-state index contributed by atoms with van der Waals surface area (Å²) in [6, 6.07) is 12.9. The number of hydrogen-bond acceptors (Lipinski definition) is 3. The molecule has 1 saturated heterocycles. The van der Waals surface area contributed by atoms with Crippen molar-refractivity contribution < 1.29 is 0 Å². The van der Waals surface area contributed by atoms with Crippen LogP contribution in [0.15, 0.2) is 42.6 Å². The monoisotopic (exact) mass is 292 g/mol. The average molecular weight is 293 g/mol. The Morgan fingerprint density at radius 2 is 2.05 bits per heavy atom. The van der Waals surface area contributed by atoms with Crippen LogP contribution in [0, 0.1) is 0 Å². The van der Waals surface area contributed by atoms with Crippen molar-refractivity contribution in [3.05, 3.63) is 48.3 Å². The zero-order valence-corrected chi connectivity index (χ0v) is 12.5. The Kier molecular flexibility index (Phi) is 5.17. The molecule has 0 radical (unpaired) electrons. The van der Waals surface area contributed by atoms with E-state index in [-0.39, 0.29) is 12.4 Å². The maximum Gasteiger partial charge on any atom is 0.0769 e. The second-order valence-electron chi connectivity index (χ2n) is 5.11. The summed E-state index contributed by atoms with van der Waals surface area (Å²) in [6.45, 7) is 6.44. The molecule has 2 heterocycles. The minimum absolute atomic E-state index is 0. The molecule has 1 aliphatic heterocycles. The predicted octanol–water partition coefficient (Wildman–Crippen LogP) is 2.09. The second kappa shape index (κ2) is 6.88. The van der Waals surface area contributed by atoms with Crippen LogP contribution in [0.5, 0.6) is 0 Å². The van der Waals surface area contributed by atoms with Crippen LogP contribution in [0.4, 0.5) is 0 Å². The lowest BCUT2D eigenvalue weighted by atomic mass is 10.2. The first-order chi connectivity index (χ1) is 9.33. The number of benzene rings is 1. The van der Waals surface area contributed by atoms with E-state index < -0.39 is 0 Å². The summed E-state index contributed by atoms with van der Waals surface area (Å²) in [7, 11) is 0. The summed E-state index contributed by atoms with van der Waals surface area (Å²) in [5.41, 5.74) is 2.25. The van der Waals surface area contributed by atoms with Crippen LogP contribution in [-0.4, -0.2) is 40.4 Å². The standard InChI is InChI=1S/C15H20N4.ClH/c1-13-11-16-8-10-18(13)12-14-7-9-19(17-14)15-5-3-2-4-6-15;/h2-7,9,13,16H,8,10-12H2,1H3;1H/t13-;/m0./s1. The third-order valence-corrected chi connectivity index (χ3v) is 3.67. The van der Waals surface area contributed by atoms with Crippen LogP contribution >= 0.6 is 12.4 Å². The van der Waals surface area contributed by atoms with Gasteiger partial charge in [-0.05, 0) is 25.1 Å². The highest BCUT2D eigenvalue weighted by Crippen LogP contribution is 2.11. The van der Waals surface area contributed by atoms with Crippen LogP contribution in [0.2, 0.25) is 0 Å². The van der Waals surface area contributed by atoms with E-state index in [0.717, 1.165) is 37.6 Å². The first-order valence-corrected chi connectivity index (χ1v) is 6.88. The zero-order valence-electron chi connectivity index (χ0n) is 11.7. The minimum atomic E-state index is 0. The molecule has 0 saturated carbocycles. The molecule has 0 unspecified atom stereocenters. The topological polar surface area (TPSA) is 33.1 Å². The van der Waals surface area contributed by atoms with Crippen LogP contribution in [0.1, 0.15) is 12.6 Å². The van der Waals surface area contributed by atoms with Crippen LogP contribution < -0.4 is 5.32 Å². The van der Waals surface area contributed by atoms with Crippen LogP contribution in [-0.2, 0) is 6.54 Å². The highest BCUT2D eigenvalue weighted by atomic mass is 35.5. The number of rotatable bonds is 3. The van der Waals surface area contributed by atoms with E-state index in [1.807, 2.05) is 29.1 Å². The van der Waals surface area contributed by atoms with E-state index in [0.29, 0.717) is 6.04 Å². The van der Waals surface area contributed by atoms with Gasteiger partial charge in [-0.3, -0.25) is 4.90 Å². The number of halogens is 1. The highest BCUT2D eigenvalue weighted by molar-refractivity contribution is 5.85. The predicted molar refractivity (Wildman–Crippen MR) is 83.6 cm³/mol. The van der Waals surface area contributed by atoms with Gasteiger partial charge in [0.25, 0.3) is 0 Å². The Balaban J connectivity index is 0.00000147. The Hall–Kier alpha value is -1.36. The van der Waals surface area contributed by atoms with E-state index in [9.17, 15) is 0 Å². The minimum Gasteiger partial charge on any atom is -0.314 e. The summed E-state index contributed by atoms with van der Waals surface area (Å²) in [6.07, 6.45) is 2.04. The summed E-state index contributed by atoms with van der Waals surface area (Å²) >= 11 is 0. The van der Waals surface area contributed by atoms with Gasteiger partial charge in [0.15, 0.2) is 0 Å². The van der Waals surface area contributed by atoms with E-state index in [2.05, 4.69) is 40.4 Å². The maximum absolute atomic E-state index is 4.66. The van der Waals surface area contributed by atoms with Gasteiger partial charge in [0, 0.05) is 38.4 Å². The third kappa shape index (κ3) is 3.39. The summed E-state index contributed by atoms with van der Waals surface area (Å²) in [5, 5.41) is 8.08. The molecule has 108 valence electrons. The lowest BCUT2D eigenvalue weighted by Crippen LogP contribution is -2.49. The number of hydrogen-bond donors (Lipinski definition) is 1. The van der Waals surface area contributed by atoms with Gasteiger partial charge in [0.05, 0.1) is 11.4 Å². The normalized spacial score (nSPS) is 19.6. The smallest absolute Gasteiger partial charge is 0.0769 e. The molecular weight excluding hydrogens is 272 g/mol. The zero-order chi connectivity index (χ0) is 13.1. The first kappa shape index (κ1) is 15.0. The molecule has 0 aliphatic carbocycles. The van der Waals surface area contributed by atoms with Gasteiger partial charge < -0.3 is 5.32 Å². The van der Waals surface area contributed by atoms with E-state index in [4.69, 9.17) is 0 Å². The second-order valence-corrected chi connectivity index (χ2v) is 5.11. The largest absolute Gasteiger partial charge is 0.314 e. The van der Waals surface area contributed by atoms with Crippen molar-refractivity contribution in [2.24, 2.45) is 0 Å². The van der Waals surface area contributed by atoms with E-state index in [1.54, 1.807) is 0 Å². The SMILES string of the molecule is C[C@H]1CNCCN1Cc1ccn(-c2ccccc2)n1.Cl. The summed E-state index contributed by atoms with van der Waals surface area (Å²) in [5.74, 6) is 0. The van der Waals surface area contributed by atoms with Gasteiger partial charge in [-0.15, -0.1) is 12.4 Å². The summed E-state index contributed by atoms with van der Waals surface area (Å²) in [4.78, 5) is 2.48. The fourth-order valence-corrected chi connectivity index (χ4v) is 2.50. The Labute approximate surface area is 126 Å². The lowest BCUT2D eigenvalue weighted by Gasteiger charge is -2.33. The molecular formula is C15H21ClN4. The molecule has 0 spiro atoms. The van der Waals surface area contributed by atoms with Gasteiger partial charge >= 0.3 is 0 Å². The highest BCUT2D eigenvalue weighted by Gasteiger charge is 2.18. The molecule has 1 aromatic carbocycles. The Morgan fingerprint density at radius 3 is 2.80 bits per heavy atom. The van der Waals surface area contributed by atoms with Crippen LogP contribution in [0.3, 0.4) is 0 Å². The van der Waals surface area contributed by atoms with Crippen molar-refractivity contribution in [2.45, 2.75) is 19.5 Å². The molecule has 1 fully saturated rings. The third-order valence-electron chi connectivity index (χ3n) is 3.67. The molecule has 0 amide bonds. The average Bonchev–Trinajstić information content (AvgIpc) is 2.91. The van der Waals surface area contributed by atoms with Gasteiger partial charge in [-0.1, -0.05) is 18.2 Å². The fourth-order valence-electron chi connectivity index (χ4n) is 2.50. The molecule has 3 rings (SSSR count). The maximum atomic E-state index is 4.66. The van der Waals surface area contributed by atoms with E-state index >= 15 is 0 Å². The molecule has 1 N–H and O–H groups in total. The molecule has 0 bridgehead atoms. The quantitative estimate of drug-likeness (QED) is 0.940.